The molecule has 2 aromatic heterocycles. The van der Waals surface area contributed by atoms with Crippen LogP contribution in [0.3, 0.4) is 0 Å². The predicted octanol–water partition coefficient (Wildman–Crippen LogP) is 5.22. The van der Waals surface area contributed by atoms with Crippen LogP contribution >= 0.6 is 11.6 Å². The van der Waals surface area contributed by atoms with Crippen molar-refractivity contribution in [2.75, 3.05) is 7.11 Å². The zero-order valence-electron chi connectivity index (χ0n) is 13.7. The average Bonchev–Trinajstić information content (AvgIpc) is 3.10. The second kappa shape index (κ2) is 6.65. The van der Waals surface area contributed by atoms with Crippen molar-refractivity contribution in [1.29, 1.82) is 0 Å². The molecule has 130 valence electrons. The number of hydrogen-bond acceptors (Lipinski definition) is 4. The number of rotatable bonds is 4. The van der Waals surface area contributed by atoms with Crippen molar-refractivity contribution in [3.8, 4) is 28.5 Å². The second-order valence-corrected chi connectivity index (χ2v) is 5.92. The third-order valence-electron chi connectivity index (χ3n) is 3.94. The Morgan fingerprint density at radius 3 is 2.58 bits per heavy atom. The zero-order chi connectivity index (χ0) is 18.1. The third kappa shape index (κ3) is 2.84. The summed E-state index contributed by atoms with van der Waals surface area (Å²) in [5.41, 5.74) is 2.35. The van der Waals surface area contributed by atoms with Crippen LogP contribution in [0.15, 0.2) is 54.9 Å². The van der Waals surface area contributed by atoms with E-state index in [2.05, 4.69) is 15.2 Å². The average molecular weight is 370 g/mol. The molecule has 0 bridgehead atoms. The number of halogens is 2. The van der Waals surface area contributed by atoms with Gasteiger partial charge in [-0.25, -0.2) is 0 Å². The SMILES string of the molecule is COc1cccc(Oc2ccc(-c3[nH]nc4c(Cl)cncc34)cc2)c1F. The Labute approximate surface area is 153 Å². The first-order valence-corrected chi connectivity index (χ1v) is 8.13. The summed E-state index contributed by atoms with van der Waals surface area (Å²) in [4.78, 5) is 4.10. The van der Waals surface area contributed by atoms with E-state index in [-0.39, 0.29) is 11.5 Å². The highest BCUT2D eigenvalue weighted by Crippen LogP contribution is 2.33. The number of nitrogens with zero attached hydrogens (tertiary/aromatic N) is 2. The molecule has 0 spiro atoms. The summed E-state index contributed by atoms with van der Waals surface area (Å²) in [6.07, 6.45) is 3.25. The van der Waals surface area contributed by atoms with Gasteiger partial charge in [0.05, 0.1) is 17.8 Å². The Bertz CT molecular complexity index is 1080. The van der Waals surface area contributed by atoms with Gasteiger partial charge in [-0.1, -0.05) is 17.7 Å². The highest BCUT2D eigenvalue weighted by molar-refractivity contribution is 6.35. The molecular formula is C19H13ClFN3O2. The maximum Gasteiger partial charge on any atom is 0.207 e. The van der Waals surface area contributed by atoms with Gasteiger partial charge in [0.25, 0.3) is 0 Å². The molecular weight excluding hydrogens is 357 g/mol. The minimum Gasteiger partial charge on any atom is -0.494 e. The number of nitrogens with one attached hydrogen (secondary N) is 1. The molecule has 0 atom stereocenters. The quantitative estimate of drug-likeness (QED) is 0.536. The van der Waals surface area contributed by atoms with Gasteiger partial charge >= 0.3 is 0 Å². The predicted molar refractivity (Wildman–Crippen MR) is 97.4 cm³/mol. The topological polar surface area (TPSA) is 60.0 Å². The van der Waals surface area contributed by atoms with Crippen LogP contribution in [0.25, 0.3) is 22.2 Å². The Hall–Kier alpha value is -3.12. The molecule has 7 heteroatoms. The van der Waals surface area contributed by atoms with Crippen LogP contribution in [0.1, 0.15) is 0 Å². The van der Waals surface area contributed by atoms with Gasteiger partial charge in [-0.2, -0.15) is 9.49 Å². The monoisotopic (exact) mass is 369 g/mol. The molecule has 4 aromatic rings. The molecule has 0 fully saturated rings. The molecule has 4 rings (SSSR count). The molecule has 1 N–H and O–H groups in total. The Morgan fingerprint density at radius 2 is 1.81 bits per heavy atom. The van der Waals surface area contributed by atoms with Crippen LogP contribution in [-0.2, 0) is 0 Å². The van der Waals surface area contributed by atoms with Crippen molar-refractivity contribution in [2.24, 2.45) is 0 Å². The van der Waals surface area contributed by atoms with E-state index in [0.29, 0.717) is 16.3 Å². The molecule has 0 unspecified atom stereocenters. The van der Waals surface area contributed by atoms with Gasteiger partial charge < -0.3 is 9.47 Å². The van der Waals surface area contributed by atoms with Crippen molar-refractivity contribution in [1.82, 2.24) is 15.2 Å². The van der Waals surface area contributed by atoms with Gasteiger partial charge in [-0.3, -0.25) is 10.1 Å². The number of aromatic amines is 1. The number of hydrogen-bond donors (Lipinski definition) is 1. The van der Waals surface area contributed by atoms with E-state index >= 15 is 0 Å². The van der Waals surface area contributed by atoms with Crippen molar-refractivity contribution in [3.63, 3.8) is 0 Å². The van der Waals surface area contributed by atoms with Crippen molar-refractivity contribution in [2.45, 2.75) is 0 Å². The normalized spacial score (nSPS) is 10.9. The zero-order valence-corrected chi connectivity index (χ0v) is 14.4. The van der Waals surface area contributed by atoms with Crippen molar-refractivity contribution in [3.05, 3.63) is 65.7 Å². The molecule has 0 aliphatic heterocycles. The highest BCUT2D eigenvalue weighted by Gasteiger charge is 2.12. The van der Waals surface area contributed by atoms with Gasteiger partial charge in [0.1, 0.15) is 11.3 Å². The second-order valence-electron chi connectivity index (χ2n) is 5.51. The van der Waals surface area contributed by atoms with Gasteiger partial charge in [-0.05, 0) is 36.4 Å². The van der Waals surface area contributed by atoms with Crippen molar-refractivity contribution >= 4 is 22.5 Å². The molecule has 0 saturated heterocycles. The first kappa shape index (κ1) is 16.4. The summed E-state index contributed by atoms with van der Waals surface area (Å²) >= 11 is 6.10. The summed E-state index contributed by atoms with van der Waals surface area (Å²) < 4.78 is 24.8. The van der Waals surface area contributed by atoms with E-state index in [0.717, 1.165) is 16.6 Å². The first-order chi connectivity index (χ1) is 12.7. The Morgan fingerprint density at radius 1 is 1.04 bits per heavy atom. The lowest BCUT2D eigenvalue weighted by Crippen LogP contribution is -1.92. The van der Waals surface area contributed by atoms with E-state index in [1.165, 1.54) is 13.2 Å². The summed E-state index contributed by atoms with van der Waals surface area (Å²) in [5, 5.41) is 8.50. The molecule has 26 heavy (non-hydrogen) atoms. The van der Waals surface area contributed by atoms with Crippen LogP contribution in [0, 0.1) is 5.82 Å². The van der Waals surface area contributed by atoms with Crippen LogP contribution in [0.5, 0.6) is 17.2 Å². The number of aromatic nitrogens is 3. The molecule has 0 aliphatic carbocycles. The fourth-order valence-electron chi connectivity index (χ4n) is 2.66. The van der Waals surface area contributed by atoms with Crippen LogP contribution < -0.4 is 9.47 Å². The smallest absolute Gasteiger partial charge is 0.207 e. The fourth-order valence-corrected chi connectivity index (χ4v) is 2.86. The fraction of sp³-hybridized carbons (Fsp3) is 0.0526. The first-order valence-electron chi connectivity index (χ1n) is 7.75. The van der Waals surface area contributed by atoms with E-state index in [1.54, 1.807) is 36.7 Å². The maximum atomic E-state index is 14.2. The molecule has 5 nitrogen and oxygen atoms in total. The summed E-state index contributed by atoms with van der Waals surface area (Å²) in [6, 6.07) is 11.9. The molecule has 0 radical (unpaired) electrons. The summed E-state index contributed by atoms with van der Waals surface area (Å²) in [6.45, 7) is 0. The van der Waals surface area contributed by atoms with Crippen LogP contribution in [0.2, 0.25) is 5.02 Å². The Kier molecular flexibility index (Phi) is 4.18. The molecule has 2 aromatic carbocycles. The van der Waals surface area contributed by atoms with Gasteiger partial charge in [0.2, 0.25) is 5.82 Å². The number of ether oxygens (including phenoxy) is 2. The lowest BCUT2D eigenvalue weighted by Gasteiger charge is -2.09. The minimum atomic E-state index is -0.542. The molecule has 2 heterocycles. The molecule has 0 amide bonds. The Balaban J connectivity index is 1.64. The molecule has 0 saturated carbocycles. The van der Waals surface area contributed by atoms with Gasteiger partial charge in [0.15, 0.2) is 11.5 Å². The van der Waals surface area contributed by atoms with Gasteiger partial charge in [-0.15, -0.1) is 0 Å². The van der Waals surface area contributed by atoms with E-state index in [9.17, 15) is 4.39 Å². The van der Waals surface area contributed by atoms with E-state index in [1.807, 2.05) is 12.1 Å². The summed E-state index contributed by atoms with van der Waals surface area (Å²) in [7, 11) is 1.41. The third-order valence-corrected chi connectivity index (χ3v) is 4.22. The van der Waals surface area contributed by atoms with Crippen LogP contribution in [-0.4, -0.2) is 22.3 Å². The van der Waals surface area contributed by atoms with Gasteiger partial charge in [0, 0.05) is 23.3 Å². The lowest BCUT2D eigenvalue weighted by molar-refractivity contribution is 0.368. The maximum absolute atomic E-state index is 14.2. The number of methoxy groups -OCH3 is 1. The molecule has 0 aliphatic rings. The number of pyridine rings is 1. The largest absolute Gasteiger partial charge is 0.494 e. The minimum absolute atomic E-state index is 0.0973. The lowest BCUT2D eigenvalue weighted by atomic mass is 10.1. The number of benzene rings is 2. The standard InChI is InChI=1S/C19H13ClFN3O2/c1-25-15-3-2-4-16(17(15)21)26-12-7-5-11(6-8-12)18-13-9-22-10-14(20)19(13)24-23-18/h2-10H,1H3,(H,23,24). The number of fused-ring (bicyclic) bond motifs is 1. The van der Waals surface area contributed by atoms with E-state index in [4.69, 9.17) is 21.1 Å². The highest BCUT2D eigenvalue weighted by atomic mass is 35.5. The van der Waals surface area contributed by atoms with Crippen molar-refractivity contribution < 1.29 is 13.9 Å². The van der Waals surface area contributed by atoms with Crippen LogP contribution in [0.4, 0.5) is 4.39 Å². The number of H-pyrrole nitrogens is 1. The van der Waals surface area contributed by atoms with E-state index < -0.39 is 5.82 Å². The summed E-state index contributed by atoms with van der Waals surface area (Å²) in [5.74, 6) is 0.188.